The molecule has 162 valence electrons. The maximum Gasteiger partial charge on any atom is 0.469 e. The smallest absolute Gasteiger partial charge is 0.469 e. The van der Waals surface area contributed by atoms with Crippen LogP contribution in [-0.2, 0) is 13.8 Å². The molecule has 2 heterocycles. The second-order valence-corrected chi connectivity index (χ2v) is 7.73. The number of hydrogen-bond acceptors (Lipinski definition) is 8. The average molecular weight is 443 g/mol. The molecule has 3 atom stereocenters. The monoisotopic (exact) mass is 443 g/mol. The van der Waals surface area contributed by atoms with Crippen molar-refractivity contribution in [2.24, 2.45) is 0 Å². The van der Waals surface area contributed by atoms with Crippen LogP contribution in [0.5, 0.6) is 5.75 Å². The van der Waals surface area contributed by atoms with Gasteiger partial charge in [-0.1, -0.05) is 0 Å². The Balaban J connectivity index is 1.78. The van der Waals surface area contributed by atoms with Crippen LogP contribution in [0, 0.1) is 17.0 Å². The molecule has 30 heavy (non-hydrogen) atoms. The first-order valence-corrected chi connectivity index (χ1v) is 10.2. The van der Waals surface area contributed by atoms with Gasteiger partial charge in [-0.3, -0.25) is 29.0 Å². The van der Waals surface area contributed by atoms with E-state index in [9.17, 15) is 24.3 Å². The van der Waals surface area contributed by atoms with Crippen LogP contribution in [0.2, 0.25) is 0 Å². The summed E-state index contributed by atoms with van der Waals surface area (Å²) < 4.78 is 28.4. The molecule has 0 aliphatic carbocycles. The van der Waals surface area contributed by atoms with Crippen molar-refractivity contribution in [1.82, 2.24) is 9.55 Å². The van der Waals surface area contributed by atoms with Crippen LogP contribution >= 0.6 is 7.82 Å². The predicted octanol–water partition coefficient (Wildman–Crippen LogP) is 0.598. The second-order valence-electron chi connectivity index (χ2n) is 6.54. The van der Waals surface area contributed by atoms with E-state index < -0.39 is 42.4 Å². The highest BCUT2D eigenvalue weighted by Crippen LogP contribution is 2.43. The van der Waals surface area contributed by atoms with Crippen molar-refractivity contribution in [2.45, 2.75) is 31.8 Å². The zero-order chi connectivity index (χ0) is 22.1. The number of aryl methyl sites for hydroxylation is 1. The van der Waals surface area contributed by atoms with Crippen molar-refractivity contribution in [3.8, 4) is 5.75 Å². The molecule has 1 aromatic carbocycles. The van der Waals surface area contributed by atoms with Crippen molar-refractivity contribution in [3.63, 3.8) is 0 Å². The molecule has 0 amide bonds. The van der Waals surface area contributed by atoms with E-state index in [0.29, 0.717) is 0 Å². The summed E-state index contributed by atoms with van der Waals surface area (Å²) in [7, 11) is -4.87. The van der Waals surface area contributed by atoms with Crippen LogP contribution in [0.15, 0.2) is 40.1 Å². The molecule has 1 aliphatic heterocycles. The Hall–Kier alpha value is -2.83. The summed E-state index contributed by atoms with van der Waals surface area (Å²) in [5.41, 5.74) is -1.19. The molecule has 1 fully saturated rings. The molecule has 0 spiro atoms. The van der Waals surface area contributed by atoms with Crippen LogP contribution < -0.4 is 16.0 Å². The first-order valence-electron chi connectivity index (χ1n) is 8.62. The molecule has 1 saturated heterocycles. The fraction of sp³-hybridized carbons (Fsp3) is 0.375. The van der Waals surface area contributed by atoms with Gasteiger partial charge in [0.1, 0.15) is 30.8 Å². The lowest BCUT2D eigenvalue weighted by Crippen LogP contribution is -2.33. The number of hydrogen-bond donors (Lipinski definition) is 3. The predicted molar refractivity (Wildman–Crippen MR) is 100 cm³/mol. The number of nitro benzene ring substituents is 1. The molecule has 1 aliphatic rings. The Morgan fingerprint density at radius 3 is 2.60 bits per heavy atom. The first-order chi connectivity index (χ1) is 14.0. The third-order valence-corrected chi connectivity index (χ3v) is 4.92. The first kappa shape index (κ1) is 21.9. The summed E-state index contributed by atoms with van der Waals surface area (Å²) in [6, 6.07) is 5.19. The highest BCUT2D eigenvalue weighted by molar-refractivity contribution is 7.46. The molecule has 13 nitrogen and oxygen atoms in total. The van der Waals surface area contributed by atoms with Gasteiger partial charge in [-0.05, 0) is 19.1 Å². The summed E-state index contributed by atoms with van der Waals surface area (Å²) in [5, 5.41) is 10.7. The number of nitro groups is 1. The summed E-state index contributed by atoms with van der Waals surface area (Å²) in [5.74, 6) is 0.264. The van der Waals surface area contributed by atoms with Gasteiger partial charge in [-0.15, -0.1) is 0 Å². The molecule has 14 heteroatoms. The number of non-ortho nitro benzene ring substituents is 1. The van der Waals surface area contributed by atoms with Crippen molar-refractivity contribution < 1.29 is 33.3 Å². The summed E-state index contributed by atoms with van der Waals surface area (Å²) in [6.07, 6.45) is -1.87. The number of H-pyrrole nitrogens is 1. The molecule has 3 N–H and O–H groups in total. The number of nitrogens with zero attached hydrogens (tertiary/aromatic N) is 2. The van der Waals surface area contributed by atoms with Gasteiger partial charge in [0.05, 0.1) is 4.92 Å². The Morgan fingerprint density at radius 1 is 1.33 bits per heavy atom. The van der Waals surface area contributed by atoms with Gasteiger partial charge >= 0.3 is 13.5 Å². The van der Waals surface area contributed by atoms with Crippen molar-refractivity contribution in [3.05, 3.63) is 67.0 Å². The van der Waals surface area contributed by atoms with E-state index in [2.05, 4.69) is 4.98 Å². The molecule has 2 aromatic rings. The zero-order valence-corrected chi connectivity index (χ0v) is 16.4. The Bertz CT molecular complexity index is 1090. The number of ether oxygens (including phenoxy) is 2. The lowest BCUT2D eigenvalue weighted by molar-refractivity contribution is -0.384. The highest BCUT2D eigenvalue weighted by atomic mass is 31.2. The molecule has 3 rings (SSSR count). The maximum atomic E-state index is 12.1. The van der Waals surface area contributed by atoms with E-state index in [-0.39, 0.29) is 30.0 Å². The van der Waals surface area contributed by atoms with Crippen molar-refractivity contribution >= 4 is 13.5 Å². The van der Waals surface area contributed by atoms with Crippen molar-refractivity contribution in [2.75, 3.05) is 6.61 Å². The van der Waals surface area contributed by atoms with Gasteiger partial charge in [-0.2, -0.15) is 0 Å². The lowest BCUT2D eigenvalue weighted by Gasteiger charge is -2.19. The fourth-order valence-corrected chi connectivity index (χ4v) is 3.53. The summed E-state index contributed by atoms with van der Waals surface area (Å²) in [6.45, 7) is 1.28. The third kappa shape index (κ3) is 5.20. The summed E-state index contributed by atoms with van der Waals surface area (Å²) in [4.78, 5) is 54.2. The number of aromatic amines is 1. The largest absolute Gasteiger partial charge is 0.491 e. The van der Waals surface area contributed by atoms with E-state index >= 15 is 0 Å². The minimum absolute atomic E-state index is 0.0925. The van der Waals surface area contributed by atoms with Crippen LogP contribution in [0.25, 0.3) is 0 Å². The van der Waals surface area contributed by atoms with Gasteiger partial charge in [0.25, 0.3) is 11.2 Å². The van der Waals surface area contributed by atoms with Crippen LogP contribution in [0.3, 0.4) is 0 Å². The fourth-order valence-electron chi connectivity index (χ4n) is 2.95. The van der Waals surface area contributed by atoms with E-state index in [0.717, 1.165) is 4.57 Å². The number of rotatable bonds is 7. The Morgan fingerprint density at radius 2 is 2.00 bits per heavy atom. The third-order valence-electron chi connectivity index (χ3n) is 4.37. The van der Waals surface area contributed by atoms with Crippen molar-refractivity contribution in [1.29, 1.82) is 0 Å². The summed E-state index contributed by atoms with van der Waals surface area (Å²) >= 11 is 0. The van der Waals surface area contributed by atoms with Gasteiger partial charge in [0.2, 0.25) is 0 Å². The maximum absolute atomic E-state index is 12.1. The second kappa shape index (κ2) is 8.50. The molecule has 0 bridgehead atoms. The average Bonchev–Trinajstić information content (AvgIpc) is 3.04. The van der Waals surface area contributed by atoms with Crippen LogP contribution in [0.1, 0.15) is 18.2 Å². The SMILES string of the molecule is Cc1cn([C@H]2C[C@H](OP(=O)(O)O)[C@@H](COc3ccc([N+](=O)[O-])cc3)O2)c(=O)[nH]c1=O. The molecule has 0 unspecified atom stereocenters. The standard InChI is InChI=1S/C16H18N3O10P/c1-9-7-18(16(21)17-15(9)20)14-6-12(29-30(24,25)26)13(28-14)8-27-11-4-2-10(3-5-11)19(22)23/h2-5,7,12-14H,6,8H2,1H3,(H,17,20,21)(H2,24,25,26)/t12-,13+,14+/m0/s1. The van der Waals surface area contributed by atoms with Gasteiger partial charge in [0.15, 0.2) is 0 Å². The van der Waals surface area contributed by atoms with E-state index in [1.54, 1.807) is 0 Å². The number of aromatic nitrogens is 2. The normalized spacial score (nSPS) is 21.5. The quantitative estimate of drug-likeness (QED) is 0.311. The molecular formula is C16H18N3O10P. The Labute approximate surface area is 168 Å². The van der Waals surface area contributed by atoms with E-state index in [1.165, 1.54) is 37.4 Å². The van der Waals surface area contributed by atoms with Gasteiger partial charge in [-0.25, -0.2) is 9.36 Å². The van der Waals surface area contributed by atoms with Crippen LogP contribution in [0.4, 0.5) is 5.69 Å². The number of phosphoric acid groups is 1. The molecule has 1 aromatic heterocycles. The minimum Gasteiger partial charge on any atom is -0.491 e. The number of benzene rings is 1. The highest BCUT2D eigenvalue weighted by Gasteiger charge is 2.41. The lowest BCUT2D eigenvalue weighted by atomic mass is 10.2. The zero-order valence-electron chi connectivity index (χ0n) is 15.5. The van der Waals surface area contributed by atoms with E-state index in [4.69, 9.17) is 23.8 Å². The minimum atomic E-state index is -4.87. The molecule has 0 saturated carbocycles. The van der Waals surface area contributed by atoms with E-state index in [1.807, 2.05) is 0 Å². The van der Waals surface area contributed by atoms with Gasteiger partial charge < -0.3 is 19.3 Å². The molecule has 0 radical (unpaired) electrons. The van der Waals surface area contributed by atoms with Crippen LogP contribution in [-0.4, -0.2) is 43.1 Å². The number of phosphoric ester groups is 1. The Kier molecular flexibility index (Phi) is 6.19. The van der Waals surface area contributed by atoms with Gasteiger partial charge in [0, 0.05) is 30.3 Å². The topological polar surface area (TPSA) is 183 Å². The molecular weight excluding hydrogens is 425 g/mol. The number of nitrogens with one attached hydrogen (secondary N) is 1.